The van der Waals surface area contributed by atoms with Gasteiger partial charge in [0.05, 0.1) is 24.3 Å². The fourth-order valence-electron chi connectivity index (χ4n) is 5.52. The van der Waals surface area contributed by atoms with E-state index in [1.807, 2.05) is 0 Å². The number of hydrogen-bond donors (Lipinski definition) is 1. The highest BCUT2D eigenvalue weighted by Gasteiger charge is 2.50. The van der Waals surface area contributed by atoms with Crippen molar-refractivity contribution in [1.29, 1.82) is 0 Å². The van der Waals surface area contributed by atoms with Crippen LogP contribution in [0.1, 0.15) is 31.2 Å². The smallest absolute Gasteiger partial charge is 0.346 e. The fourth-order valence-corrected chi connectivity index (χ4v) is 7.03. The summed E-state index contributed by atoms with van der Waals surface area (Å²) in [4.78, 5) is 28.9. The van der Waals surface area contributed by atoms with E-state index < -0.39 is 64.0 Å². The van der Waals surface area contributed by atoms with Crippen LogP contribution in [-0.4, -0.2) is 85.9 Å². The van der Waals surface area contributed by atoms with Crippen LogP contribution in [0.5, 0.6) is 0 Å². The van der Waals surface area contributed by atoms with Gasteiger partial charge in [-0.1, -0.05) is 29.8 Å². The van der Waals surface area contributed by atoms with Gasteiger partial charge in [0.1, 0.15) is 0 Å². The molecule has 0 aromatic heterocycles. The number of sulfone groups is 1. The molecule has 4 rings (SSSR count). The van der Waals surface area contributed by atoms with Crippen molar-refractivity contribution in [3.8, 4) is 0 Å². The molecule has 3 aliphatic rings. The van der Waals surface area contributed by atoms with Crippen LogP contribution in [0.25, 0.3) is 0 Å². The lowest BCUT2D eigenvalue weighted by molar-refractivity contribution is -0.150. The molecule has 0 bridgehead atoms. The molecule has 2 saturated heterocycles. The normalized spacial score (nSPS) is 32.0. The summed E-state index contributed by atoms with van der Waals surface area (Å²) in [6.45, 7) is 0.196. The van der Waals surface area contributed by atoms with Crippen LogP contribution >= 0.6 is 11.6 Å². The monoisotopic (exact) mass is 565 g/mol. The van der Waals surface area contributed by atoms with E-state index in [1.54, 1.807) is 31.2 Å². The quantitative estimate of drug-likeness (QED) is 0.555. The molecule has 0 aliphatic carbocycles. The highest BCUT2D eigenvalue weighted by atomic mass is 35.5. The van der Waals surface area contributed by atoms with Gasteiger partial charge in [-0.2, -0.15) is 13.2 Å². The van der Waals surface area contributed by atoms with Gasteiger partial charge in [-0.25, -0.2) is 12.8 Å². The largest absolute Gasteiger partial charge is 0.401 e. The summed E-state index contributed by atoms with van der Waals surface area (Å²) >= 11 is 6.33. The van der Waals surface area contributed by atoms with Gasteiger partial charge < -0.3 is 10.2 Å². The maximum absolute atomic E-state index is 15.6. The first-order valence-electron chi connectivity index (χ1n) is 11.9. The van der Waals surface area contributed by atoms with Gasteiger partial charge in [-0.15, -0.1) is 0 Å². The Bertz CT molecular complexity index is 1190. The van der Waals surface area contributed by atoms with Gasteiger partial charge >= 0.3 is 6.18 Å². The molecule has 3 heterocycles. The van der Waals surface area contributed by atoms with E-state index in [-0.39, 0.29) is 38.2 Å². The van der Waals surface area contributed by atoms with E-state index >= 15 is 4.39 Å². The van der Waals surface area contributed by atoms with Crippen molar-refractivity contribution >= 4 is 33.3 Å². The molecule has 1 aromatic carbocycles. The molecule has 2 unspecified atom stereocenters. The molecular weight excluding hydrogens is 538 g/mol. The molecule has 1 N–H and O–H groups in total. The zero-order valence-electron chi connectivity index (χ0n) is 20.0. The summed E-state index contributed by atoms with van der Waals surface area (Å²) in [5.74, 6) is -3.08. The maximum Gasteiger partial charge on any atom is 0.401 e. The molecule has 37 heavy (non-hydrogen) atoms. The third kappa shape index (κ3) is 6.28. The highest BCUT2D eigenvalue weighted by Crippen LogP contribution is 2.40. The molecule has 0 radical (unpaired) electrons. The van der Waals surface area contributed by atoms with Crippen LogP contribution in [0.3, 0.4) is 0 Å². The van der Waals surface area contributed by atoms with Crippen LogP contribution in [0.2, 0.25) is 5.02 Å². The number of halogens is 5. The molecule has 204 valence electrons. The lowest BCUT2D eigenvalue weighted by Crippen LogP contribution is -2.58. The molecule has 0 saturated carbocycles. The Morgan fingerprint density at radius 2 is 1.92 bits per heavy atom. The van der Waals surface area contributed by atoms with E-state index in [0.717, 1.165) is 5.41 Å². The summed E-state index contributed by atoms with van der Waals surface area (Å²) in [5.41, 5.74) is -1.73. The van der Waals surface area contributed by atoms with Crippen molar-refractivity contribution in [3.63, 3.8) is 0 Å². The Kier molecular flexibility index (Phi) is 7.66. The van der Waals surface area contributed by atoms with Gasteiger partial charge in [-0.05, 0) is 24.6 Å². The zero-order chi connectivity index (χ0) is 27.2. The Morgan fingerprint density at radius 1 is 1.22 bits per heavy atom. The Morgan fingerprint density at radius 3 is 2.51 bits per heavy atom. The van der Waals surface area contributed by atoms with Crippen LogP contribution in [0.15, 0.2) is 35.7 Å². The van der Waals surface area contributed by atoms with Crippen molar-refractivity contribution in [3.05, 3.63) is 46.3 Å². The van der Waals surface area contributed by atoms with Crippen molar-refractivity contribution in [2.75, 3.05) is 31.9 Å². The molecule has 2 amide bonds. The lowest BCUT2D eigenvalue weighted by atomic mass is 9.84. The average molecular weight is 566 g/mol. The second-order valence-electron chi connectivity index (χ2n) is 10.1. The number of likely N-dealkylation sites (tertiary alicyclic amines) is 2. The summed E-state index contributed by atoms with van der Waals surface area (Å²) < 4.78 is 78.2. The number of alkyl halides is 4. The van der Waals surface area contributed by atoms with Gasteiger partial charge in [0, 0.05) is 54.9 Å². The topological polar surface area (TPSA) is 86.8 Å². The van der Waals surface area contributed by atoms with Crippen LogP contribution in [0, 0.1) is 5.92 Å². The maximum atomic E-state index is 15.6. The van der Waals surface area contributed by atoms with Crippen molar-refractivity contribution in [1.82, 2.24) is 15.1 Å². The summed E-state index contributed by atoms with van der Waals surface area (Å²) in [7, 11) is -3.43. The Hall–Kier alpha value is -2.18. The van der Waals surface area contributed by atoms with E-state index in [2.05, 4.69) is 5.32 Å². The molecule has 13 heteroatoms. The van der Waals surface area contributed by atoms with Crippen LogP contribution in [-0.2, 0) is 19.4 Å². The second-order valence-corrected chi connectivity index (χ2v) is 12.4. The molecule has 3 aliphatic heterocycles. The summed E-state index contributed by atoms with van der Waals surface area (Å²) in [5, 5.41) is 3.75. The predicted molar refractivity (Wildman–Crippen MR) is 129 cm³/mol. The average Bonchev–Trinajstić information content (AvgIpc) is 3.34. The number of benzene rings is 1. The zero-order valence-corrected chi connectivity index (χ0v) is 21.6. The summed E-state index contributed by atoms with van der Waals surface area (Å²) in [6, 6.07) is 5.19. The molecule has 5 atom stereocenters. The van der Waals surface area contributed by atoms with Crippen molar-refractivity contribution in [2.45, 2.75) is 49.6 Å². The minimum absolute atomic E-state index is 0.00482. The number of carbonyl (C=O) groups is 2. The second kappa shape index (κ2) is 10.2. The number of nitrogens with zero attached hydrogens (tertiary/aromatic N) is 2. The fraction of sp³-hybridized carbons (Fsp3) is 0.583. The van der Waals surface area contributed by atoms with E-state index in [4.69, 9.17) is 11.6 Å². The highest BCUT2D eigenvalue weighted by molar-refractivity contribution is 7.94. The van der Waals surface area contributed by atoms with Crippen molar-refractivity contribution < 1.29 is 35.6 Å². The van der Waals surface area contributed by atoms with Gasteiger partial charge in [0.25, 0.3) is 5.91 Å². The Labute approximate surface area is 217 Å². The van der Waals surface area contributed by atoms with Crippen molar-refractivity contribution in [2.24, 2.45) is 5.92 Å². The number of carbonyl (C=O) groups excluding carboxylic acids is 2. The number of amides is 2. The van der Waals surface area contributed by atoms with E-state index in [9.17, 15) is 31.2 Å². The first-order valence-corrected chi connectivity index (χ1v) is 14.0. The lowest BCUT2D eigenvalue weighted by Gasteiger charge is -2.42. The number of nitrogens with one attached hydrogen (secondary N) is 1. The number of piperidine rings is 1. The SMILES string of the molecule is CC1CC(F)(C(=O)N[C@@H]2C=CS(=O)(=O)C2)CCN1C(=O)[C@H]1CN(CC(F)(F)F)C[C@H]1c1ccccc1Cl. The van der Waals surface area contributed by atoms with Crippen LogP contribution in [0.4, 0.5) is 17.6 Å². The third-order valence-corrected chi connectivity index (χ3v) is 9.00. The number of hydrogen-bond acceptors (Lipinski definition) is 5. The predicted octanol–water partition coefficient (Wildman–Crippen LogP) is 3.06. The first kappa shape index (κ1) is 27.8. The van der Waals surface area contributed by atoms with Gasteiger partial charge in [0.15, 0.2) is 15.5 Å². The minimum Gasteiger partial charge on any atom is -0.346 e. The number of rotatable bonds is 5. The first-order chi connectivity index (χ1) is 17.2. The third-order valence-electron chi connectivity index (χ3n) is 7.26. The van der Waals surface area contributed by atoms with Gasteiger partial charge in [0.2, 0.25) is 5.91 Å². The minimum atomic E-state index is -4.43. The standard InChI is InChI=1S/C24H28ClF4N3O4S/c1-15-10-23(26,22(34)30-16-6-9-37(35,36)13-16)7-8-32(15)21(33)19-12-31(14-24(27,28)29)11-18(19)17-4-2-3-5-20(17)25/h2-6,9,15-16,18-19H,7-8,10-14H2,1H3,(H,30,34)/t15?,16-,18+,19+,23?/m1/s1. The van der Waals surface area contributed by atoms with Crippen LogP contribution < -0.4 is 5.32 Å². The Balaban J connectivity index is 1.47. The summed E-state index contributed by atoms with van der Waals surface area (Å²) in [6.07, 6.45) is -3.77. The van der Waals surface area contributed by atoms with Gasteiger partial charge in [-0.3, -0.25) is 14.5 Å². The molecule has 0 spiro atoms. The van der Waals surface area contributed by atoms with E-state index in [1.165, 1.54) is 15.9 Å². The molecule has 7 nitrogen and oxygen atoms in total. The molecular formula is C24H28ClF4N3O4S. The molecule has 1 aromatic rings. The van der Waals surface area contributed by atoms with E-state index in [0.29, 0.717) is 10.6 Å². The molecule has 2 fully saturated rings.